The summed E-state index contributed by atoms with van der Waals surface area (Å²) in [5.41, 5.74) is 8.72. The van der Waals surface area contributed by atoms with Gasteiger partial charge in [0.2, 0.25) is 0 Å². The van der Waals surface area contributed by atoms with Gasteiger partial charge in [-0.2, -0.15) is 5.10 Å². The first-order valence-corrected chi connectivity index (χ1v) is 12.9. The number of anilines is 1. The minimum atomic E-state index is -0.611. The first-order chi connectivity index (χ1) is 18.2. The first kappa shape index (κ1) is 25.8. The summed E-state index contributed by atoms with van der Waals surface area (Å²) in [5, 5.41) is 19.5. The molecule has 5 rings (SSSR count). The summed E-state index contributed by atoms with van der Waals surface area (Å²) in [6.45, 7) is 3.84. The van der Waals surface area contributed by atoms with Crippen LogP contribution in [0.1, 0.15) is 67.4 Å². The second-order valence-electron chi connectivity index (χ2n) is 10.1. The highest BCUT2D eigenvalue weighted by Gasteiger charge is 2.28. The van der Waals surface area contributed by atoms with Gasteiger partial charge in [0.1, 0.15) is 23.0 Å². The molecule has 38 heavy (non-hydrogen) atoms. The van der Waals surface area contributed by atoms with Crippen LogP contribution >= 0.6 is 0 Å². The summed E-state index contributed by atoms with van der Waals surface area (Å²) in [6.07, 6.45) is 4.07. The van der Waals surface area contributed by atoms with Gasteiger partial charge < -0.3 is 20.4 Å². The molecule has 1 fully saturated rings. The van der Waals surface area contributed by atoms with Crippen LogP contribution in [0.2, 0.25) is 0 Å². The summed E-state index contributed by atoms with van der Waals surface area (Å²) in [5.74, 6) is 0.0692. The highest BCUT2D eigenvalue weighted by atomic mass is 19.1. The lowest BCUT2D eigenvalue weighted by Crippen LogP contribution is -2.43. The Morgan fingerprint density at radius 2 is 2.05 bits per heavy atom. The normalized spacial score (nSPS) is 18.1. The Morgan fingerprint density at radius 3 is 2.79 bits per heavy atom. The van der Waals surface area contributed by atoms with Crippen molar-refractivity contribution in [2.45, 2.75) is 58.1 Å². The molecule has 2 heterocycles. The number of aliphatic hydroxyl groups is 1. The Morgan fingerprint density at radius 1 is 1.26 bits per heavy atom. The fourth-order valence-electron chi connectivity index (χ4n) is 4.84. The summed E-state index contributed by atoms with van der Waals surface area (Å²) in [6, 6.07) is 7.69. The molecule has 200 valence electrons. The number of hydrazine groups is 1. The third-order valence-corrected chi connectivity index (χ3v) is 7.27. The van der Waals surface area contributed by atoms with Gasteiger partial charge >= 0.3 is 0 Å². The van der Waals surface area contributed by atoms with E-state index in [2.05, 4.69) is 38.3 Å². The minimum absolute atomic E-state index is 0.0265. The SMILES string of the molecule is CC(=Nc1cc(-c2ccc(F)c(NC(=O)c3cc4c(n3C)CCCC4O)c2)n[nH]c1=O)NNC(C)C1CC1. The van der Waals surface area contributed by atoms with Crippen LogP contribution in [0.3, 0.4) is 0 Å². The summed E-state index contributed by atoms with van der Waals surface area (Å²) in [7, 11) is 1.77. The highest BCUT2D eigenvalue weighted by Crippen LogP contribution is 2.33. The number of aliphatic imine (C=N–C) groups is 1. The van der Waals surface area contributed by atoms with Crippen LogP contribution in [-0.4, -0.2) is 37.7 Å². The molecule has 2 atom stereocenters. The van der Waals surface area contributed by atoms with E-state index in [9.17, 15) is 19.1 Å². The van der Waals surface area contributed by atoms with Gasteiger partial charge in [0.05, 0.1) is 17.5 Å². The second-order valence-corrected chi connectivity index (χ2v) is 10.1. The van der Waals surface area contributed by atoms with E-state index in [4.69, 9.17) is 0 Å². The second kappa shape index (κ2) is 10.5. The third-order valence-electron chi connectivity index (χ3n) is 7.27. The monoisotopic (exact) mass is 521 g/mol. The largest absolute Gasteiger partial charge is 0.388 e. The fourth-order valence-corrected chi connectivity index (χ4v) is 4.84. The van der Waals surface area contributed by atoms with Gasteiger partial charge in [-0.25, -0.2) is 19.9 Å². The zero-order valence-corrected chi connectivity index (χ0v) is 21.6. The van der Waals surface area contributed by atoms with E-state index in [1.807, 2.05) is 0 Å². The Kier molecular flexibility index (Phi) is 7.13. The van der Waals surface area contributed by atoms with Crippen molar-refractivity contribution in [1.29, 1.82) is 0 Å². The maximum atomic E-state index is 14.7. The summed E-state index contributed by atoms with van der Waals surface area (Å²) < 4.78 is 16.4. The number of amides is 1. The molecule has 2 aliphatic carbocycles. The molecule has 0 aliphatic heterocycles. The Hall–Kier alpha value is -3.83. The Bertz CT molecular complexity index is 1460. The topological polar surface area (TPSA) is 136 Å². The van der Waals surface area contributed by atoms with Crippen molar-refractivity contribution in [2.75, 3.05) is 5.32 Å². The lowest BCUT2D eigenvalue weighted by molar-refractivity contribution is 0.101. The van der Waals surface area contributed by atoms with Crippen molar-refractivity contribution < 1.29 is 14.3 Å². The number of halogens is 1. The molecule has 1 aromatic carbocycles. The zero-order chi connectivity index (χ0) is 27.0. The van der Waals surface area contributed by atoms with Crippen molar-refractivity contribution in [3.63, 3.8) is 0 Å². The van der Waals surface area contributed by atoms with Crippen LogP contribution in [0.25, 0.3) is 11.3 Å². The van der Waals surface area contributed by atoms with Crippen LogP contribution in [0.4, 0.5) is 15.8 Å². The zero-order valence-electron chi connectivity index (χ0n) is 21.6. The molecule has 2 aromatic heterocycles. The molecule has 1 saturated carbocycles. The quantitative estimate of drug-likeness (QED) is 0.183. The molecule has 11 heteroatoms. The first-order valence-electron chi connectivity index (χ1n) is 12.9. The van der Waals surface area contributed by atoms with E-state index in [1.165, 1.54) is 37.1 Å². The third kappa shape index (κ3) is 5.39. The number of H-pyrrole nitrogens is 1. The van der Waals surface area contributed by atoms with Gasteiger partial charge in [-0.15, -0.1) is 0 Å². The van der Waals surface area contributed by atoms with E-state index in [0.29, 0.717) is 41.2 Å². The van der Waals surface area contributed by atoms with Gasteiger partial charge in [0.25, 0.3) is 11.5 Å². The standard InChI is InChI=1S/C27H32FN7O3/c1-14(16-7-8-16)31-32-15(2)29-22-13-20(33-34-26(22)37)17-9-10-19(28)21(11-17)30-27(38)24-12-18-23(35(24)3)5-4-6-25(18)36/h9-14,16,25,31,36H,4-8H2,1-3H3,(H,30,38)(H,34,37)(H,29,32,33). The molecule has 2 unspecified atom stereocenters. The van der Waals surface area contributed by atoms with E-state index in [1.54, 1.807) is 24.6 Å². The number of hydrogen-bond donors (Lipinski definition) is 5. The number of amidine groups is 1. The molecular formula is C27H32FN7O3. The van der Waals surface area contributed by atoms with E-state index >= 15 is 0 Å². The number of hydrogen-bond acceptors (Lipinski definition) is 6. The van der Waals surface area contributed by atoms with Crippen LogP contribution in [0.15, 0.2) is 40.1 Å². The Labute approximate surface area is 219 Å². The number of carbonyl (C=O) groups is 1. The maximum Gasteiger partial charge on any atom is 0.290 e. The van der Waals surface area contributed by atoms with E-state index in [-0.39, 0.29) is 11.4 Å². The lowest BCUT2D eigenvalue weighted by Gasteiger charge is -2.18. The number of benzene rings is 1. The minimum Gasteiger partial charge on any atom is -0.388 e. The van der Waals surface area contributed by atoms with Crippen molar-refractivity contribution in [2.24, 2.45) is 18.0 Å². The molecule has 0 spiro atoms. The van der Waals surface area contributed by atoms with Gasteiger partial charge in [0.15, 0.2) is 0 Å². The van der Waals surface area contributed by atoms with Crippen LogP contribution in [0, 0.1) is 11.7 Å². The van der Waals surface area contributed by atoms with Gasteiger partial charge in [-0.05, 0) is 82.2 Å². The number of aromatic amines is 1. The van der Waals surface area contributed by atoms with Crippen LogP contribution < -0.4 is 21.7 Å². The molecule has 0 bridgehead atoms. The molecule has 0 radical (unpaired) electrons. The number of rotatable bonds is 7. The van der Waals surface area contributed by atoms with Crippen molar-refractivity contribution in [3.05, 3.63) is 63.5 Å². The highest BCUT2D eigenvalue weighted by molar-refractivity contribution is 6.04. The summed E-state index contributed by atoms with van der Waals surface area (Å²) in [4.78, 5) is 29.8. The van der Waals surface area contributed by atoms with E-state index in [0.717, 1.165) is 24.1 Å². The molecular weight excluding hydrogens is 489 g/mol. The number of nitrogens with zero attached hydrogens (tertiary/aromatic N) is 3. The maximum absolute atomic E-state index is 14.7. The summed E-state index contributed by atoms with van der Waals surface area (Å²) >= 11 is 0. The predicted octanol–water partition coefficient (Wildman–Crippen LogP) is 3.48. The number of aromatic nitrogens is 3. The predicted molar refractivity (Wildman–Crippen MR) is 143 cm³/mol. The van der Waals surface area contributed by atoms with Gasteiger partial charge in [0, 0.05) is 29.9 Å². The average molecular weight is 522 g/mol. The molecule has 10 nitrogen and oxygen atoms in total. The van der Waals surface area contributed by atoms with Gasteiger partial charge in [-0.1, -0.05) is 0 Å². The van der Waals surface area contributed by atoms with E-state index < -0.39 is 23.4 Å². The van der Waals surface area contributed by atoms with Crippen LogP contribution in [0.5, 0.6) is 0 Å². The number of nitrogens with one attached hydrogen (secondary N) is 4. The van der Waals surface area contributed by atoms with Crippen molar-refractivity contribution in [1.82, 2.24) is 25.6 Å². The molecule has 2 aliphatic rings. The lowest BCUT2D eigenvalue weighted by atomic mass is 9.95. The Balaban J connectivity index is 1.36. The number of fused-ring (bicyclic) bond motifs is 1. The fraction of sp³-hybridized carbons (Fsp3) is 0.407. The molecule has 1 amide bonds. The van der Waals surface area contributed by atoms with Gasteiger partial charge in [-0.3, -0.25) is 9.59 Å². The molecule has 0 saturated heterocycles. The van der Waals surface area contributed by atoms with Crippen molar-refractivity contribution >= 4 is 23.1 Å². The molecule has 3 aromatic rings. The molecule has 5 N–H and O–H groups in total. The average Bonchev–Trinajstić information content (AvgIpc) is 3.69. The number of aliphatic hydroxyl groups excluding tert-OH is 1. The van der Waals surface area contributed by atoms with Crippen LogP contribution in [-0.2, 0) is 13.5 Å². The van der Waals surface area contributed by atoms with Crippen molar-refractivity contribution in [3.8, 4) is 11.3 Å². The number of carbonyl (C=O) groups excluding carboxylic acids is 1. The smallest absolute Gasteiger partial charge is 0.290 e.